The molecule has 2 rings (SSSR count). The first kappa shape index (κ1) is 13.3. The number of hydrazine groups is 1. The van der Waals surface area contributed by atoms with Crippen LogP contribution in [-0.2, 0) is 6.54 Å². The number of aromatic nitrogens is 1. The van der Waals surface area contributed by atoms with E-state index in [0.29, 0.717) is 11.9 Å². The number of pyridine rings is 1. The van der Waals surface area contributed by atoms with E-state index >= 15 is 0 Å². The molecular formula is C13H23N5. The van der Waals surface area contributed by atoms with Gasteiger partial charge in [-0.2, -0.15) is 0 Å². The molecule has 0 radical (unpaired) electrons. The Morgan fingerprint density at radius 3 is 2.89 bits per heavy atom. The molecule has 18 heavy (non-hydrogen) atoms. The fourth-order valence-electron chi connectivity index (χ4n) is 2.46. The van der Waals surface area contributed by atoms with Gasteiger partial charge in [0.15, 0.2) is 0 Å². The smallest absolute Gasteiger partial charge is 0.139 e. The summed E-state index contributed by atoms with van der Waals surface area (Å²) in [5.74, 6) is 6.02. The van der Waals surface area contributed by atoms with Crippen LogP contribution < -0.4 is 11.3 Å². The van der Waals surface area contributed by atoms with Gasteiger partial charge >= 0.3 is 0 Å². The topological polar surface area (TPSA) is 57.4 Å². The van der Waals surface area contributed by atoms with Crippen LogP contribution >= 0.6 is 0 Å². The van der Waals surface area contributed by atoms with Crippen LogP contribution in [0.2, 0.25) is 0 Å². The van der Waals surface area contributed by atoms with Crippen LogP contribution in [0.4, 0.5) is 5.82 Å². The summed E-state index contributed by atoms with van der Waals surface area (Å²) in [4.78, 5) is 9.20. The fraction of sp³-hybridized carbons (Fsp3) is 0.615. The van der Waals surface area contributed by atoms with E-state index in [1.54, 1.807) is 0 Å². The molecule has 5 heteroatoms. The van der Waals surface area contributed by atoms with E-state index in [1.807, 2.05) is 12.3 Å². The summed E-state index contributed by atoms with van der Waals surface area (Å²) in [5, 5.41) is 0. The number of rotatable bonds is 4. The molecular weight excluding hydrogens is 226 g/mol. The molecule has 0 amide bonds. The molecule has 1 unspecified atom stereocenters. The minimum atomic E-state index is 0.677. The highest BCUT2D eigenvalue weighted by atomic mass is 15.3. The van der Waals surface area contributed by atoms with Crippen LogP contribution in [0.5, 0.6) is 0 Å². The molecule has 3 N–H and O–H groups in total. The summed E-state index contributed by atoms with van der Waals surface area (Å²) in [6.07, 6.45) is 3.11. The number of anilines is 1. The number of nitrogen functional groups attached to an aromatic ring is 1. The molecule has 1 aliphatic heterocycles. The third-order valence-electron chi connectivity index (χ3n) is 3.71. The molecule has 1 saturated heterocycles. The van der Waals surface area contributed by atoms with E-state index in [9.17, 15) is 0 Å². The van der Waals surface area contributed by atoms with Gasteiger partial charge in [-0.3, -0.25) is 4.90 Å². The molecule has 0 bridgehead atoms. The molecule has 1 aromatic heterocycles. The Morgan fingerprint density at radius 1 is 1.44 bits per heavy atom. The highest BCUT2D eigenvalue weighted by Crippen LogP contribution is 2.14. The van der Waals surface area contributed by atoms with Crippen molar-refractivity contribution in [2.75, 3.05) is 32.1 Å². The minimum absolute atomic E-state index is 0.677. The van der Waals surface area contributed by atoms with Crippen molar-refractivity contribution >= 4 is 5.82 Å². The summed E-state index contributed by atoms with van der Waals surface area (Å²) >= 11 is 0. The highest BCUT2D eigenvalue weighted by Gasteiger charge is 2.22. The van der Waals surface area contributed by atoms with Crippen molar-refractivity contribution in [3.63, 3.8) is 0 Å². The standard InChI is InChI=1S/C13H23N5/c1-3-12-10-18(7-6-17(12)2)9-11-4-5-13(16-14)15-8-11/h4-5,8,12H,3,6-7,9-10,14H2,1-2H3,(H,15,16). The minimum Gasteiger partial charge on any atom is -0.308 e. The highest BCUT2D eigenvalue weighted by molar-refractivity contribution is 5.33. The van der Waals surface area contributed by atoms with Gasteiger partial charge in [-0.1, -0.05) is 13.0 Å². The van der Waals surface area contributed by atoms with Crippen molar-refractivity contribution in [2.24, 2.45) is 5.84 Å². The van der Waals surface area contributed by atoms with E-state index in [4.69, 9.17) is 5.84 Å². The number of nitrogens with zero attached hydrogens (tertiary/aromatic N) is 3. The summed E-state index contributed by atoms with van der Waals surface area (Å²) in [5.41, 5.74) is 3.79. The van der Waals surface area contributed by atoms with E-state index < -0.39 is 0 Å². The van der Waals surface area contributed by atoms with Crippen molar-refractivity contribution in [2.45, 2.75) is 25.9 Å². The predicted octanol–water partition coefficient (Wildman–Crippen LogP) is 0.893. The quantitative estimate of drug-likeness (QED) is 0.613. The monoisotopic (exact) mass is 249 g/mol. The fourth-order valence-corrected chi connectivity index (χ4v) is 2.46. The Bertz CT molecular complexity index is 364. The van der Waals surface area contributed by atoms with Crippen LogP contribution in [0.3, 0.4) is 0 Å². The Labute approximate surface area is 109 Å². The lowest BCUT2D eigenvalue weighted by Gasteiger charge is -2.39. The van der Waals surface area contributed by atoms with Crippen LogP contribution in [0.1, 0.15) is 18.9 Å². The molecule has 100 valence electrons. The number of likely N-dealkylation sites (N-methyl/N-ethyl adjacent to an activating group) is 1. The lowest BCUT2D eigenvalue weighted by atomic mass is 10.1. The van der Waals surface area contributed by atoms with Gasteiger partial charge in [-0.05, 0) is 25.1 Å². The average Bonchev–Trinajstić information content (AvgIpc) is 2.42. The molecule has 0 spiro atoms. The number of nitrogens with one attached hydrogen (secondary N) is 1. The van der Waals surface area contributed by atoms with Gasteiger partial charge in [0.1, 0.15) is 5.82 Å². The van der Waals surface area contributed by atoms with Crippen LogP contribution in [0.25, 0.3) is 0 Å². The van der Waals surface area contributed by atoms with Gasteiger partial charge in [0.05, 0.1) is 0 Å². The maximum absolute atomic E-state index is 5.31. The molecule has 1 aromatic rings. The molecule has 5 nitrogen and oxygen atoms in total. The Kier molecular flexibility index (Phi) is 4.52. The van der Waals surface area contributed by atoms with Gasteiger partial charge in [-0.15, -0.1) is 0 Å². The van der Waals surface area contributed by atoms with E-state index in [0.717, 1.165) is 26.2 Å². The normalized spacial score (nSPS) is 22.1. The third-order valence-corrected chi connectivity index (χ3v) is 3.71. The largest absolute Gasteiger partial charge is 0.308 e. The zero-order chi connectivity index (χ0) is 13.0. The number of piperazine rings is 1. The van der Waals surface area contributed by atoms with Crippen molar-refractivity contribution in [3.05, 3.63) is 23.9 Å². The van der Waals surface area contributed by atoms with Gasteiger partial charge < -0.3 is 10.3 Å². The zero-order valence-electron chi connectivity index (χ0n) is 11.3. The molecule has 1 fully saturated rings. The first-order valence-electron chi connectivity index (χ1n) is 6.57. The van der Waals surface area contributed by atoms with Crippen molar-refractivity contribution < 1.29 is 0 Å². The second-order valence-electron chi connectivity index (χ2n) is 4.97. The molecule has 0 aromatic carbocycles. The third kappa shape index (κ3) is 3.19. The zero-order valence-corrected chi connectivity index (χ0v) is 11.3. The molecule has 0 aliphatic carbocycles. The van der Waals surface area contributed by atoms with E-state index in [-0.39, 0.29) is 0 Å². The number of hydrogen-bond acceptors (Lipinski definition) is 5. The van der Waals surface area contributed by atoms with Crippen LogP contribution in [-0.4, -0.2) is 47.5 Å². The van der Waals surface area contributed by atoms with Gasteiger partial charge in [0.25, 0.3) is 0 Å². The van der Waals surface area contributed by atoms with Crippen molar-refractivity contribution in [1.29, 1.82) is 0 Å². The second kappa shape index (κ2) is 6.13. The Hall–Kier alpha value is -1.17. The van der Waals surface area contributed by atoms with Crippen LogP contribution in [0, 0.1) is 0 Å². The van der Waals surface area contributed by atoms with E-state index in [2.05, 4.69) is 40.2 Å². The van der Waals surface area contributed by atoms with Gasteiger partial charge in [0, 0.05) is 38.4 Å². The molecule has 1 atom stereocenters. The summed E-state index contributed by atoms with van der Waals surface area (Å²) in [7, 11) is 2.22. The Balaban J connectivity index is 1.92. The lowest BCUT2D eigenvalue weighted by Crippen LogP contribution is -2.50. The Morgan fingerprint density at radius 2 is 2.28 bits per heavy atom. The molecule has 0 saturated carbocycles. The molecule has 2 heterocycles. The van der Waals surface area contributed by atoms with Crippen molar-refractivity contribution in [3.8, 4) is 0 Å². The maximum Gasteiger partial charge on any atom is 0.139 e. The number of hydrogen-bond donors (Lipinski definition) is 2. The average molecular weight is 249 g/mol. The summed E-state index contributed by atoms with van der Waals surface area (Å²) < 4.78 is 0. The van der Waals surface area contributed by atoms with Crippen molar-refractivity contribution in [1.82, 2.24) is 14.8 Å². The SMILES string of the molecule is CCC1CN(Cc2ccc(NN)nc2)CCN1C. The molecule has 1 aliphatic rings. The maximum atomic E-state index is 5.31. The summed E-state index contributed by atoms with van der Waals surface area (Å²) in [6.45, 7) is 6.65. The second-order valence-corrected chi connectivity index (χ2v) is 4.97. The van der Waals surface area contributed by atoms with Gasteiger partial charge in [0.2, 0.25) is 0 Å². The van der Waals surface area contributed by atoms with E-state index in [1.165, 1.54) is 12.0 Å². The number of nitrogens with two attached hydrogens (primary N) is 1. The first-order valence-corrected chi connectivity index (χ1v) is 6.57. The predicted molar refractivity (Wildman–Crippen MR) is 74.0 cm³/mol. The van der Waals surface area contributed by atoms with Crippen LogP contribution in [0.15, 0.2) is 18.3 Å². The first-order chi connectivity index (χ1) is 8.72. The summed E-state index contributed by atoms with van der Waals surface area (Å²) in [6, 6.07) is 4.68. The van der Waals surface area contributed by atoms with Gasteiger partial charge in [-0.25, -0.2) is 10.8 Å². The lowest BCUT2D eigenvalue weighted by molar-refractivity contribution is 0.0883.